The Labute approximate surface area is 205 Å². The third-order valence-corrected chi connectivity index (χ3v) is 6.10. The van der Waals surface area contributed by atoms with Gasteiger partial charge in [-0.3, -0.25) is 14.8 Å². The summed E-state index contributed by atoms with van der Waals surface area (Å²) in [6, 6.07) is 13.4. The average Bonchev–Trinajstić information content (AvgIpc) is 3.45. The number of pyridine rings is 1. The first-order chi connectivity index (χ1) is 16.9. The Morgan fingerprint density at radius 3 is 2.77 bits per heavy atom. The van der Waals surface area contributed by atoms with Crippen LogP contribution in [-0.4, -0.2) is 35.4 Å². The number of benzene rings is 2. The minimum atomic E-state index is -0.411. The van der Waals surface area contributed by atoms with Gasteiger partial charge in [-0.1, -0.05) is 35.9 Å². The summed E-state index contributed by atoms with van der Waals surface area (Å²) >= 11 is 6.11. The van der Waals surface area contributed by atoms with Crippen molar-refractivity contribution in [2.75, 3.05) is 5.32 Å². The fraction of sp³-hybridized carbons (Fsp3) is 0.160. The fourth-order valence-corrected chi connectivity index (χ4v) is 4.17. The number of rotatable bonds is 6. The summed E-state index contributed by atoms with van der Waals surface area (Å²) < 4.78 is 16.7. The van der Waals surface area contributed by atoms with E-state index in [0.717, 1.165) is 17.8 Å². The number of para-hydroxylation sites is 1. The summed E-state index contributed by atoms with van der Waals surface area (Å²) in [6.07, 6.45) is 3.25. The lowest BCUT2D eigenvalue weighted by molar-refractivity contribution is 0.102. The van der Waals surface area contributed by atoms with Crippen LogP contribution in [0.5, 0.6) is 0 Å². The number of amides is 1. The van der Waals surface area contributed by atoms with Gasteiger partial charge in [-0.2, -0.15) is 5.10 Å². The van der Waals surface area contributed by atoms with E-state index in [2.05, 4.69) is 20.5 Å². The smallest absolute Gasteiger partial charge is 0.258 e. The lowest BCUT2D eigenvalue weighted by Gasteiger charge is -2.09. The Morgan fingerprint density at radius 2 is 2.00 bits per heavy atom. The molecular formula is C25H21ClFN7O. The van der Waals surface area contributed by atoms with Crippen LogP contribution in [0.25, 0.3) is 22.2 Å². The second-order valence-electron chi connectivity index (χ2n) is 7.99. The van der Waals surface area contributed by atoms with Gasteiger partial charge in [0, 0.05) is 28.2 Å². The summed E-state index contributed by atoms with van der Waals surface area (Å²) in [5.74, 6) is -0.625. The highest BCUT2D eigenvalue weighted by atomic mass is 35.5. The van der Waals surface area contributed by atoms with E-state index >= 15 is 0 Å². The molecule has 0 radical (unpaired) electrons. The fourth-order valence-electron chi connectivity index (χ4n) is 3.94. The molecule has 3 heterocycles. The molecule has 5 rings (SSSR count). The number of carbonyl (C=O) groups excluding carboxylic acids is 1. The summed E-state index contributed by atoms with van der Waals surface area (Å²) in [5.41, 5.74) is 4.33. The average molecular weight is 490 g/mol. The van der Waals surface area contributed by atoms with E-state index < -0.39 is 5.82 Å². The predicted octanol–water partition coefficient (Wildman–Crippen LogP) is 5.11. The summed E-state index contributed by atoms with van der Waals surface area (Å²) in [5, 5.41) is 12.5. The molecule has 8 nitrogen and oxygen atoms in total. The molecule has 1 N–H and O–H groups in total. The highest BCUT2D eigenvalue weighted by Crippen LogP contribution is 2.27. The second-order valence-corrected chi connectivity index (χ2v) is 8.39. The minimum Gasteiger partial charge on any atom is -0.289 e. The number of anilines is 1. The third-order valence-electron chi connectivity index (χ3n) is 5.75. The first-order valence-corrected chi connectivity index (χ1v) is 11.4. The molecule has 0 aliphatic heterocycles. The van der Waals surface area contributed by atoms with E-state index in [0.29, 0.717) is 32.7 Å². The molecule has 0 aliphatic rings. The van der Waals surface area contributed by atoms with Crippen LogP contribution < -0.4 is 5.32 Å². The molecule has 0 saturated carbocycles. The van der Waals surface area contributed by atoms with Crippen LogP contribution in [0.4, 0.5) is 10.3 Å². The number of nitrogens with zero attached hydrogens (tertiary/aromatic N) is 6. The molecular weight excluding hydrogens is 469 g/mol. The number of aromatic nitrogens is 6. The van der Waals surface area contributed by atoms with Gasteiger partial charge in [0.05, 0.1) is 29.5 Å². The van der Waals surface area contributed by atoms with Crippen molar-refractivity contribution in [2.45, 2.75) is 26.9 Å². The summed E-state index contributed by atoms with van der Waals surface area (Å²) in [6.45, 7) is 5.02. The molecule has 0 saturated heterocycles. The molecule has 0 fully saturated rings. The van der Waals surface area contributed by atoms with Crippen molar-refractivity contribution in [2.24, 2.45) is 0 Å². The van der Waals surface area contributed by atoms with Gasteiger partial charge in [-0.05, 0) is 43.7 Å². The van der Waals surface area contributed by atoms with Gasteiger partial charge in [0.2, 0.25) is 5.95 Å². The zero-order chi connectivity index (χ0) is 24.5. The van der Waals surface area contributed by atoms with Crippen molar-refractivity contribution in [1.29, 1.82) is 0 Å². The Balaban J connectivity index is 1.44. The van der Waals surface area contributed by atoms with E-state index in [4.69, 9.17) is 16.6 Å². The Hall–Kier alpha value is -4.11. The third kappa shape index (κ3) is 4.50. The monoisotopic (exact) mass is 489 g/mol. The standard InChI is InChI=1S/C25H21ClFN7O/c1-3-34-15(2)20(12-29-34)23-11-19(18-6-4-5-7-22(18)30-23)24(35)31-25-28-14-33(32-25)13-16-8-9-17(27)10-21(16)26/h4-12,14H,3,13H2,1-2H3,(H,31,32,35). The molecule has 1 amide bonds. The number of halogens is 2. The van der Waals surface area contributed by atoms with Crippen molar-refractivity contribution in [3.8, 4) is 11.3 Å². The lowest BCUT2D eigenvalue weighted by atomic mass is 10.0. The molecule has 176 valence electrons. The Morgan fingerprint density at radius 1 is 1.17 bits per heavy atom. The zero-order valence-electron chi connectivity index (χ0n) is 19.0. The minimum absolute atomic E-state index is 0.144. The van der Waals surface area contributed by atoms with Gasteiger partial charge in [0.25, 0.3) is 5.91 Å². The molecule has 0 aliphatic carbocycles. The molecule has 0 spiro atoms. The zero-order valence-corrected chi connectivity index (χ0v) is 19.8. The van der Waals surface area contributed by atoms with E-state index in [1.54, 1.807) is 18.3 Å². The van der Waals surface area contributed by atoms with Crippen LogP contribution in [0.3, 0.4) is 0 Å². The van der Waals surface area contributed by atoms with E-state index in [1.807, 2.05) is 42.8 Å². The molecule has 2 aromatic carbocycles. The number of carbonyl (C=O) groups is 1. The van der Waals surface area contributed by atoms with Crippen molar-refractivity contribution in [1.82, 2.24) is 29.5 Å². The topological polar surface area (TPSA) is 90.5 Å². The maximum Gasteiger partial charge on any atom is 0.258 e. The van der Waals surface area contributed by atoms with Gasteiger partial charge in [0.1, 0.15) is 12.1 Å². The number of aryl methyl sites for hydroxylation is 1. The molecule has 10 heteroatoms. The van der Waals surface area contributed by atoms with Crippen LogP contribution in [0, 0.1) is 12.7 Å². The van der Waals surface area contributed by atoms with E-state index in [-0.39, 0.29) is 18.4 Å². The summed E-state index contributed by atoms with van der Waals surface area (Å²) in [4.78, 5) is 22.3. The quantitative estimate of drug-likeness (QED) is 0.358. The van der Waals surface area contributed by atoms with Crippen LogP contribution in [-0.2, 0) is 13.1 Å². The maximum atomic E-state index is 13.3. The largest absolute Gasteiger partial charge is 0.289 e. The normalized spacial score (nSPS) is 11.2. The van der Waals surface area contributed by atoms with Crippen molar-refractivity contribution < 1.29 is 9.18 Å². The van der Waals surface area contributed by atoms with Gasteiger partial charge < -0.3 is 0 Å². The molecule has 5 aromatic rings. The van der Waals surface area contributed by atoms with E-state index in [1.165, 1.54) is 23.1 Å². The van der Waals surface area contributed by atoms with Crippen molar-refractivity contribution in [3.05, 3.63) is 88.7 Å². The molecule has 0 atom stereocenters. The number of hydrogen-bond donors (Lipinski definition) is 1. The maximum absolute atomic E-state index is 13.3. The van der Waals surface area contributed by atoms with Gasteiger partial charge >= 0.3 is 0 Å². The number of fused-ring (bicyclic) bond motifs is 1. The SMILES string of the molecule is CCn1ncc(-c2cc(C(=O)Nc3ncn(Cc4ccc(F)cc4Cl)n3)c3ccccc3n2)c1C. The van der Waals surface area contributed by atoms with Crippen LogP contribution in [0.1, 0.15) is 28.5 Å². The van der Waals surface area contributed by atoms with Crippen LogP contribution >= 0.6 is 11.6 Å². The molecule has 35 heavy (non-hydrogen) atoms. The summed E-state index contributed by atoms with van der Waals surface area (Å²) in [7, 11) is 0. The molecule has 0 bridgehead atoms. The van der Waals surface area contributed by atoms with Crippen LogP contribution in [0.2, 0.25) is 5.02 Å². The van der Waals surface area contributed by atoms with Gasteiger partial charge in [-0.15, -0.1) is 5.10 Å². The van der Waals surface area contributed by atoms with E-state index in [9.17, 15) is 9.18 Å². The van der Waals surface area contributed by atoms with Gasteiger partial charge in [0.15, 0.2) is 0 Å². The highest BCUT2D eigenvalue weighted by Gasteiger charge is 2.18. The lowest BCUT2D eigenvalue weighted by Crippen LogP contribution is -2.14. The first kappa shape index (κ1) is 22.7. The van der Waals surface area contributed by atoms with Crippen LogP contribution in [0.15, 0.2) is 61.1 Å². The Kier molecular flexibility index (Phi) is 6.00. The molecule has 0 unspecified atom stereocenters. The second kappa shape index (κ2) is 9.27. The predicted molar refractivity (Wildman–Crippen MR) is 132 cm³/mol. The van der Waals surface area contributed by atoms with Crippen molar-refractivity contribution >= 4 is 34.4 Å². The number of nitrogens with one attached hydrogen (secondary N) is 1. The Bertz CT molecular complexity index is 1560. The van der Waals surface area contributed by atoms with Crippen molar-refractivity contribution in [3.63, 3.8) is 0 Å². The molecule has 3 aromatic heterocycles. The number of hydrogen-bond acceptors (Lipinski definition) is 5. The van der Waals surface area contributed by atoms with Gasteiger partial charge in [-0.25, -0.2) is 19.0 Å². The first-order valence-electron chi connectivity index (χ1n) is 11.0. The highest BCUT2D eigenvalue weighted by molar-refractivity contribution is 6.31.